The first-order chi connectivity index (χ1) is 13.8. The van der Waals surface area contributed by atoms with E-state index in [4.69, 9.17) is 16.3 Å². The lowest BCUT2D eigenvalue weighted by molar-refractivity contribution is -0.205. The number of ether oxygens (including phenoxy) is 1. The summed E-state index contributed by atoms with van der Waals surface area (Å²) in [7, 11) is 0. The van der Waals surface area contributed by atoms with Crippen LogP contribution in [0.5, 0.6) is 0 Å². The summed E-state index contributed by atoms with van der Waals surface area (Å²) in [5.41, 5.74) is -0.701. The molecule has 29 heavy (non-hydrogen) atoms. The Balaban J connectivity index is 1.60. The SMILES string of the molecule is CSC1OC(C(NC(=O)C2CC(CCC3CC3)CCN2)C(C)Cl)C(O)C(O)C1O. The van der Waals surface area contributed by atoms with E-state index in [1.165, 1.54) is 37.4 Å². The van der Waals surface area contributed by atoms with Gasteiger partial charge in [0.05, 0.1) is 17.5 Å². The average Bonchev–Trinajstić information content (AvgIpc) is 3.54. The Kier molecular flexibility index (Phi) is 8.52. The molecule has 0 aromatic heterocycles. The third-order valence-corrected chi connectivity index (χ3v) is 7.63. The monoisotopic (exact) mass is 450 g/mol. The number of alkyl halides is 1. The van der Waals surface area contributed by atoms with Crippen LogP contribution in [-0.2, 0) is 9.53 Å². The molecule has 1 saturated carbocycles. The summed E-state index contributed by atoms with van der Waals surface area (Å²) in [5, 5.41) is 36.5. The van der Waals surface area contributed by atoms with Crippen LogP contribution >= 0.6 is 23.4 Å². The first-order valence-corrected chi connectivity index (χ1v) is 12.4. The van der Waals surface area contributed by atoms with E-state index in [2.05, 4.69) is 10.6 Å². The van der Waals surface area contributed by atoms with Crippen molar-refractivity contribution < 1.29 is 24.9 Å². The number of amides is 1. The number of hydrogen-bond acceptors (Lipinski definition) is 7. The van der Waals surface area contributed by atoms with Crippen LogP contribution < -0.4 is 10.6 Å². The summed E-state index contributed by atoms with van der Waals surface area (Å²) < 4.78 is 5.82. The van der Waals surface area contributed by atoms with Crippen LogP contribution in [0.1, 0.15) is 45.4 Å². The molecule has 2 heterocycles. The molecule has 0 radical (unpaired) electrons. The summed E-state index contributed by atoms with van der Waals surface area (Å²) >= 11 is 7.58. The molecular formula is C20H35ClN2O5S. The molecule has 1 amide bonds. The number of carbonyl (C=O) groups is 1. The van der Waals surface area contributed by atoms with Crippen LogP contribution in [0.25, 0.3) is 0 Å². The van der Waals surface area contributed by atoms with Crippen LogP contribution in [0.15, 0.2) is 0 Å². The minimum atomic E-state index is -1.36. The molecule has 3 fully saturated rings. The van der Waals surface area contributed by atoms with Gasteiger partial charge in [0, 0.05) is 0 Å². The van der Waals surface area contributed by atoms with Crippen molar-refractivity contribution in [3.63, 3.8) is 0 Å². The van der Waals surface area contributed by atoms with E-state index in [9.17, 15) is 20.1 Å². The second-order valence-corrected chi connectivity index (χ2v) is 10.4. The van der Waals surface area contributed by atoms with E-state index >= 15 is 0 Å². The first kappa shape index (κ1) is 23.6. The maximum atomic E-state index is 13.0. The van der Waals surface area contributed by atoms with E-state index in [0.717, 1.165) is 25.3 Å². The molecule has 0 aromatic rings. The number of carbonyl (C=O) groups excluding carboxylic acids is 1. The second kappa shape index (κ2) is 10.5. The van der Waals surface area contributed by atoms with Gasteiger partial charge in [-0.2, -0.15) is 0 Å². The maximum absolute atomic E-state index is 13.0. The minimum absolute atomic E-state index is 0.157. The van der Waals surface area contributed by atoms with Crippen LogP contribution in [0, 0.1) is 11.8 Å². The Morgan fingerprint density at radius 2 is 1.86 bits per heavy atom. The lowest BCUT2D eigenvalue weighted by Gasteiger charge is -2.44. The van der Waals surface area contributed by atoms with E-state index in [-0.39, 0.29) is 11.9 Å². The van der Waals surface area contributed by atoms with Crippen molar-refractivity contribution in [2.75, 3.05) is 12.8 Å². The standard InChI is InChI=1S/C20H35ClN2O5S/c1-10(21)14(18-16(25)15(24)17(26)20(28-18)29-2)23-19(27)13-9-12(7-8-22-13)6-5-11-3-4-11/h10-18,20,22,24-26H,3-9H2,1-2H3,(H,23,27). The van der Waals surface area contributed by atoms with Gasteiger partial charge in [-0.15, -0.1) is 23.4 Å². The number of thioether (sulfide) groups is 1. The van der Waals surface area contributed by atoms with Gasteiger partial charge in [0.25, 0.3) is 0 Å². The Hall–Kier alpha value is -0.0900. The molecule has 168 valence electrons. The summed E-state index contributed by atoms with van der Waals surface area (Å²) in [6.07, 6.45) is 3.97. The van der Waals surface area contributed by atoms with Gasteiger partial charge in [0.15, 0.2) is 0 Å². The summed E-state index contributed by atoms with van der Waals surface area (Å²) in [6, 6.07) is -0.983. The Bertz CT molecular complexity index is 551. The van der Waals surface area contributed by atoms with Gasteiger partial charge in [-0.25, -0.2) is 0 Å². The van der Waals surface area contributed by atoms with Crippen molar-refractivity contribution in [3.05, 3.63) is 0 Å². The second-order valence-electron chi connectivity index (χ2n) is 8.81. The average molecular weight is 451 g/mol. The van der Waals surface area contributed by atoms with Gasteiger partial charge < -0.3 is 30.7 Å². The zero-order valence-corrected chi connectivity index (χ0v) is 18.7. The third-order valence-electron chi connectivity index (χ3n) is 6.51. The molecule has 9 atom stereocenters. The number of aliphatic hydroxyl groups excluding tert-OH is 3. The molecule has 3 rings (SSSR count). The normalized spacial score (nSPS) is 40.3. The largest absolute Gasteiger partial charge is 0.388 e. The van der Waals surface area contributed by atoms with E-state index in [1.807, 2.05) is 0 Å². The number of piperidine rings is 1. The van der Waals surface area contributed by atoms with Gasteiger partial charge in [-0.1, -0.05) is 25.7 Å². The molecule has 0 spiro atoms. The molecule has 2 aliphatic heterocycles. The fraction of sp³-hybridized carbons (Fsp3) is 0.950. The molecule has 9 unspecified atom stereocenters. The topological polar surface area (TPSA) is 111 Å². The van der Waals surface area contributed by atoms with Crippen molar-refractivity contribution in [3.8, 4) is 0 Å². The molecule has 0 aromatic carbocycles. The van der Waals surface area contributed by atoms with Crippen LogP contribution in [0.4, 0.5) is 0 Å². The number of halogens is 1. The highest BCUT2D eigenvalue weighted by Gasteiger charge is 2.48. The smallest absolute Gasteiger partial charge is 0.237 e. The fourth-order valence-electron chi connectivity index (χ4n) is 4.42. The van der Waals surface area contributed by atoms with Crippen LogP contribution in [0.3, 0.4) is 0 Å². The number of aliphatic hydroxyl groups is 3. The molecule has 0 bridgehead atoms. The lowest BCUT2D eigenvalue weighted by Crippen LogP contribution is -2.65. The van der Waals surface area contributed by atoms with E-state index in [0.29, 0.717) is 5.92 Å². The minimum Gasteiger partial charge on any atom is -0.388 e. The number of rotatable bonds is 8. The Morgan fingerprint density at radius 1 is 1.17 bits per heavy atom. The van der Waals surface area contributed by atoms with E-state index < -0.39 is 41.3 Å². The first-order valence-electron chi connectivity index (χ1n) is 10.7. The van der Waals surface area contributed by atoms with Gasteiger partial charge in [-0.05, 0) is 44.4 Å². The Morgan fingerprint density at radius 3 is 2.48 bits per heavy atom. The molecule has 3 aliphatic rings. The van der Waals surface area contributed by atoms with Crippen molar-refractivity contribution in [1.29, 1.82) is 0 Å². The predicted molar refractivity (Wildman–Crippen MR) is 114 cm³/mol. The molecule has 7 nitrogen and oxygen atoms in total. The van der Waals surface area contributed by atoms with Gasteiger partial charge >= 0.3 is 0 Å². The quantitative estimate of drug-likeness (QED) is 0.348. The zero-order chi connectivity index (χ0) is 21.1. The molecule has 9 heteroatoms. The summed E-state index contributed by atoms with van der Waals surface area (Å²) in [6.45, 7) is 2.54. The van der Waals surface area contributed by atoms with Gasteiger partial charge in [0.1, 0.15) is 29.9 Å². The summed E-state index contributed by atoms with van der Waals surface area (Å²) in [5.74, 6) is 1.29. The molecule has 1 aliphatic carbocycles. The highest BCUT2D eigenvalue weighted by atomic mass is 35.5. The number of hydrogen-bond donors (Lipinski definition) is 5. The Labute approximate surface area is 182 Å². The fourth-order valence-corrected chi connectivity index (χ4v) is 5.31. The highest BCUT2D eigenvalue weighted by molar-refractivity contribution is 7.99. The molecule has 5 N–H and O–H groups in total. The van der Waals surface area contributed by atoms with Crippen molar-refractivity contribution in [1.82, 2.24) is 10.6 Å². The zero-order valence-electron chi connectivity index (χ0n) is 17.2. The van der Waals surface area contributed by atoms with Gasteiger partial charge in [0.2, 0.25) is 5.91 Å². The van der Waals surface area contributed by atoms with Gasteiger partial charge in [-0.3, -0.25) is 4.79 Å². The van der Waals surface area contributed by atoms with Crippen molar-refractivity contribution >= 4 is 29.3 Å². The van der Waals surface area contributed by atoms with Crippen LogP contribution in [-0.4, -0.2) is 81.3 Å². The van der Waals surface area contributed by atoms with Crippen molar-refractivity contribution in [2.24, 2.45) is 11.8 Å². The van der Waals surface area contributed by atoms with E-state index in [1.54, 1.807) is 13.2 Å². The van der Waals surface area contributed by atoms with Crippen LogP contribution in [0.2, 0.25) is 0 Å². The molecular weight excluding hydrogens is 416 g/mol. The highest BCUT2D eigenvalue weighted by Crippen LogP contribution is 2.36. The predicted octanol–water partition coefficient (Wildman–Crippen LogP) is 0.827. The maximum Gasteiger partial charge on any atom is 0.237 e. The molecule has 2 saturated heterocycles. The number of nitrogens with one attached hydrogen (secondary N) is 2. The van der Waals surface area contributed by atoms with Crippen molar-refractivity contribution in [2.45, 2.75) is 92.8 Å². The lowest BCUT2D eigenvalue weighted by atomic mass is 9.87. The third kappa shape index (κ3) is 5.99. The summed E-state index contributed by atoms with van der Waals surface area (Å²) in [4.78, 5) is 13.0.